The molecule has 0 amide bonds. The van der Waals surface area contributed by atoms with Crippen molar-refractivity contribution >= 4 is 0 Å². The van der Waals surface area contributed by atoms with Crippen molar-refractivity contribution in [2.75, 3.05) is 0 Å². The fourth-order valence-electron chi connectivity index (χ4n) is 0.662. The van der Waals surface area contributed by atoms with E-state index in [0.717, 1.165) is 0 Å². The minimum absolute atomic E-state index is 0.0648. The summed E-state index contributed by atoms with van der Waals surface area (Å²) in [6.07, 6.45) is 0. The molecule has 0 aromatic heterocycles. The molecular weight excluding hydrogens is 132 g/mol. The maximum Gasteiger partial charge on any atom is 0.304 e. The van der Waals surface area contributed by atoms with Crippen LogP contribution in [0.4, 0.5) is 0 Å². The molecule has 3 N–H and O–H groups in total. The maximum absolute atomic E-state index is 8.60. The van der Waals surface area contributed by atoms with E-state index in [1.54, 1.807) is 18.2 Å². The van der Waals surface area contributed by atoms with Gasteiger partial charge in [0.25, 0.3) is 0 Å². The SMILES string of the molecule is OC(O)(O)c1ccccc1. The van der Waals surface area contributed by atoms with Gasteiger partial charge in [0.2, 0.25) is 0 Å². The Morgan fingerprint density at radius 2 is 1.40 bits per heavy atom. The number of rotatable bonds is 1. The highest BCUT2D eigenvalue weighted by atomic mass is 16.7. The summed E-state index contributed by atoms with van der Waals surface area (Å²) in [7, 11) is 0. The molecule has 0 saturated carbocycles. The van der Waals surface area contributed by atoms with Gasteiger partial charge in [0.15, 0.2) is 0 Å². The van der Waals surface area contributed by atoms with E-state index in [4.69, 9.17) is 15.3 Å². The first kappa shape index (κ1) is 7.21. The Morgan fingerprint density at radius 3 is 1.70 bits per heavy atom. The minimum atomic E-state index is -2.71. The van der Waals surface area contributed by atoms with Crippen molar-refractivity contribution in [1.82, 2.24) is 0 Å². The molecule has 54 valence electrons. The van der Waals surface area contributed by atoms with Gasteiger partial charge in [-0.2, -0.15) is 0 Å². The predicted molar refractivity (Wildman–Crippen MR) is 34.8 cm³/mol. The summed E-state index contributed by atoms with van der Waals surface area (Å²) in [5.74, 6) is -2.71. The zero-order valence-corrected chi connectivity index (χ0v) is 5.23. The minimum Gasteiger partial charge on any atom is -0.340 e. The Hall–Kier alpha value is -0.900. The zero-order chi connectivity index (χ0) is 7.61. The second kappa shape index (κ2) is 2.38. The Balaban J connectivity index is 2.97. The maximum atomic E-state index is 8.60. The van der Waals surface area contributed by atoms with Crippen molar-refractivity contribution in [3.8, 4) is 0 Å². The van der Waals surface area contributed by atoms with Crippen LogP contribution in [0.1, 0.15) is 5.56 Å². The lowest BCUT2D eigenvalue weighted by molar-refractivity contribution is -0.323. The lowest BCUT2D eigenvalue weighted by Gasteiger charge is -2.12. The van der Waals surface area contributed by atoms with Gasteiger partial charge < -0.3 is 15.3 Å². The Kier molecular flexibility index (Phi) is 1.72. The first-order valence-corrected chi connectivity index (χ1v) is 2.83. The summed E-state index contributed by atoms with van der Waals surface area (Å²) in [5.41, 5.74) is 0.0648. The lowest BCUT2D eigenvalue weighted by atomic mass is 10.2. The largest absolute Gasteiger partial charge is 0.340 e. The standard InChI is InChI=1S/C7H8O3/c8-7(9,10)6-4-2-1-3-5-6/h1-5,8-10H. The van der Waals surface area contributed by atoms with Crippen LogP contribution in [0.25, 0.3) is 0 Å². The molecule has 0 saturated heterocycles. The molecule has 0 fully saturated rings. The van der Waals surface area contributed by atoms with Crippen molar-refractivity contribution in [2.45, 2.75) is 5.97 Å². The van der Waals surface area contributed by atoms with Crippen LogP contribution in [0.3, 0.4) is 0 Å². The first-order valence-electron chi connectivity index (χ1n) is 2.83. The van der Waals surface area contributed by atoms with E-state index >= 15 is 0 Å². The van der Waals surface area contributed by atoms with Gasteiger partial charge in [-0.1, -0.05) is 30.3 Å². The number of hydrogen-bond acceptors (Lipinski definition) is 3. The average molecular weight is 140 g/mol. The van der Waals surface area contributed by atoms with Crippen LogP contribution in [0, 0.1) is 0 Å². The lowest BCUT2D eigenvalue weighted by Crippen LogP contribution is -2.23. The fourth-order valence-corrected chi connectivity index (χ4v) is 0.662. The van der Waals surface area contributed by atoms with Gasteiger partial charge in [-0.05, 0) is 0 Å². The number of hydrogen-bond donors (Lipinski definition) is 3. The predicted octanol–water partition coefficient (Wildman–Crippen LogP) is -0.226. The molecule has 0 atom stereocenters. The quantitative estimate of drug-likeness (QED) is 0.472. The Labute approximate surface area is 58.2 Å². The van der Waals surface area contributed by atoms with E-state index < -0.39 is 5.97 Å². The highest BCUT2D eigenvalue weighted by molar-refractivity contribution is 5.16. The second-order valence-electron chi connectivity index (χ2n) is 2.00. The van der Waals surface area contributed by atoms with Gasteiger partial charge in [-0.25, -0.2) is 0 Å². The van der Waals surface area contributed by atoms with Crippen LogP contribution in [0.5, 0.6) is 0 Å². The van der Waals surface area contributed by atoms with E-state index in [0.29, 0.717) is 0 Å². The van der Waals surface area contributed by atoms with Crippen LogP contribution >= 0.6 is 0 Å². The molecule has 1 aromatic carbocycles. The molecule has 0 radical (unpaired) electrons. The van der Waals surface area contributed by atoms with Gasteiger partial charge in [0.05, 0.1) is 0 Å². The normalized spacial score (nSPS) is 11.5. The van der Waals surface area contributed by atoms with Crippen LogP contribution in [-0.2, 0) is 5.97 Å². The van der Waals surface area contributed by atoms with E-state index in [1.807, 2.05) is 0 Å². The fraction of sp³-hybridized carbons (Fsp3) is 0.143. The molecule has 0 aliphatic carbocycles. The molecule has 3 heteroatoms. The van der Waals surface area contributed by atoms with Crippen molar-refractivity contribution in [2.24, 2.45) is 0 Å². The van der Waals surface area contributed by atoms with Crippen LogP contribution in [-0.4, -0.2) is 15.3 Å². The van der Waals surface area contributed by atoms with Crippen molar-refractivity contribution in [3.05, 3.63) is 35.9 Å². The molecule has 1 rings (SSSR count). The average Bonchev–Trinajstić information content (AvgIpc) is 1.88. The topological polar surface area (TPSA) is 60.7 Å². The summed E-state index contributed by atoms with van der Waals surface area (Å²) >= 11 is 0. The zero-order valence-electron chi connectivity index (χ0n) is 5.23. The summed E-state index contributed by atoms with van der Waals surface area (Å²) in [6, 6.07) is 7.76. The van der Waals surface area contributed by atoms with E-state index in [1.165, 1.54) is 12.1 Å². The highest BCUT2D eigenvalue weighted by Gasteiger charge is 2.19. The summed E-state index contributed by atoms with van der Waals surface area (Å²) in [4.78, 5) is 0. The van der Waals surface area contributed by atoms with Crippen LogP contribution in [0.2, 0.25) is 0 Å². The third kappa shape index (κ3) is 1.54. The molecule has 0 unspecified atom stereocenters. The van der Waals surface area contributed by atoms with Gasteiger partial charge in [0, 0.05) is 5.56 Å². The molecule has 0 aliphatic heterocycles. The molecule has 1 aromatic rings. The molecule has 10 heavy (non-hydrogen) atoms. The Morgan fingerprint density at radius 1 is 0.900 bits per heavy atom. The number of aliphatic hydroxyl groups is 3. The molecule has 0 spiro atoms. The van der Waals surface area contributed by atoms with Crippen molar-refractivity contribution in [1.29, 1.82) is 0 Å². The first-order chi connectivity index (χ1) is 4.61. The molecule has 0 bridgehead atoms. The third-order valence-corrected chi connectivity index (χ3v) is 1.16. The van der Waals surface area contributed by atoms with Crippen molar-refractivity contribution < 1.29 is 15.3 Å². The van der Waals surface area contributed by atoms with Gasteiger partial charge in [0.1, 0.15) is 0 Å². The van der Waals surface area contributed by atoms with Crippen LogP contribution in [0.15, 0.2) is 30.3 Å². The second-order valence-corrected chi connectivity index (χ2v) is 2.00. The third-order valence-electron chi connectivity index (χ3n) is 1.16. The van der Waals surface area contributed by atoms with Gasteiger partial charge in [-0.15, -0.1) is 0 Å². The molecule has 0 aliphatic rings. The van der Waals surface area contributed by atoms with E-state index in [9.17, 15) is 0 Å². The monoisotopic (exact) mass is 140 g/mol. The van der Waals surface area contributed by atoms with E-state index in [-0.39, 0.29) is 5.56 Å². The molecule has 3 nitrogen and oxygen atoms in total. The summed E-state index contributed by atoms with van der Waals surface area (Å²) in [6.45, 7) is 0. The number of benzene rings is 1. The highest BCUT2D eigenvalue weighted by Crippen LogP contribution is 2.12. The van der Waals surface area contributed by atoms with Crippen molar-refractivity contribution in [3.63, 3.8) is 0 Å². The van der Waals surface area contributed by atoms with Gasteiger partial charge in [-0.3, -0.25) is 0 Å². The Bertz CT molecular complexity index is 200. The smallest absolute Gasteiger partial charge is 0.304 e. The summed E-state index contributed by atoms with van der Waals surface area (Å²) < 4.78 is 0. The molecular formula is C7H8O3. The summed E-state index contributed by atoms with van der Waals surface area (Å²) in [5, 5.41) is 25.8. The molecule has 0 heterocycles. The van der Waals surface area contributed by atoms with E-state index in [2.05, 4.69) is 0 Å². The van der Waals surface area contributed by atoms with Crippen LogP contribution < -0.4 is 0 Å². The van der Waals surface area contributed by atoms with Gasteiger partial charge >= 0.3 is 5.97 Å².